The predicted octanol–water partition coefficient (Wildman–Crippen LogP) is 7.94. The minimum Gasteiger partial charge on any atom is -0.469 e. The third-order valence-electron chi connectivity index (χ3n) is 11.9. The molecule has 0 N–H and O–H groups in total. The predicted molar refractivity (Wildman–Crippen MR) is 155 cm³/mol. The van der Waals surface area contributed by atoms with Crippen LogP contribution in [0.1, 0.15) is 120 Å². The molecule has 1 unspecified atom stereocenters. The summed E-state index contributed by atoms with van der Waals surface area (Å²) in [5, 5.41) is 9.90. The molecular weight excluding hydrogens is 486 g/mol. The van der Waals surface area contributed by atoms with Crippen molar-refractivity contribution < 1.29 is 19.1 Å². The van der Waals surface area contributed by atoms with Crippen LogP contribution >= 0.6 is 0 Å². The number of carbonyl (C=O) groups excluding carboxylic acids is 3. The zero-order valence-electron chi connectivity index (χ0n) is 26.2. The molecule has 3 aliphatic rings. The van der Waals surface area contributed by atoms with Gasteiger partial charge in [-0.05, 0) is 93.0 Å². The molecule has 0 aromatic rings. The summed E-state index contributed by atoms with van der Waals surface area (Å²) in [6.45, 7) is 19.0. The Morgan fingerprint density at radius 3 is 2.18 bits per heavy atom. The van der Waals surface area contributed by atoms with Crippen molar-refractivity contribution in [3.8, 4) is 6.07 Å². The molecule has 0 aromatic carbocycles. The number of carbonyl (C=O) groups is 3. The number of hydrogen-bond donors (Lipinski definition) is 0. The van der Waals surface area contributed by atoms with Crippen LogP contribution in [0, 0.1) is 49.7 Å². The molecule has 0 spiro atoms. The van der Waals surface area contributed by atoms with E-state index in [0.717, 1.165) is 63.4 Å². The van der Waals surface area contributed by atoms with Crippen molar-refractivity contribution >= 4 is 17.5 Å². The third-order valence-corrected chi connectivity index (χ3v) is 11.9. The maximum Gasteiger partial charge on any atom is 0.311 e. The van der Waals surface area contributed by atoms with Crippen molar-refractivity contribution in [2.45, 2.75) is 120 Å². The molecule has 5 heteroatoms. The van der Waals surface area contributed by atoms with E-state index in [1.165, 1.54) is 7.11 Å². The molecule has 0 aromatic heterocycles. The lowest BCUT2D eigenvalue weighted by atomic mass is 9.41. The molecule has 0 heterocycles. The third kappa shape index (κ3) is 5.07. The summed E-state index contributed by atoms with van der Waals surface area (Å²) in [5.74, 6) is -0.210. The number of rotatable bonds is 7. The van der Waals surface area contributed by atoms with E-state index >= 15 is 0 Å². The average Bonchev–Trinajstić information content (AvgIpc) is 2.87. The normalized spacial score (nSPS) is 33.8. The minimum absolute atomic E-state index is 0.00336. The first kappa shape index (κ1) is 31.3. The first-order valence-electron chi connectivity index (χ1n) is 14.9. The summed E-state index contributed by atoms with van der Waals surface area (Å²) in [6, 6.07) is 2.17. The van der Waals surface area contributed by atoms with E-state index in [2.05, 4.69) is 47.6 Å². The summed E-state index contributed by atoms with van der Waals surface area (Å²) in [4.78, 5) is 39.2. The van der Waals surface area contributed by atoms with Crippen molar-refractivity contribution in [1.82, 2.24) is 0 Å². The number of ether oxygens (including phenoxy) is 1. The Morgan fingerprint density at radius 2 is 1.69 bits per heavy atom. The Bertz CT molecular complexity index is 1120. The van der Waals surface area contributed by atoms with Gasteiger partial charge < -0.3 is 4.74 Å². The maximum absolute atomic E-state index is 13.2. The standard InChI is InChI=1S/C34H51NO4/c1-11-31(7,16-19-34(28(38)39-10)17-14-29(3,4)15-18-34)33(9)13-12-25-30(5,6)27(37)24(22-35)21-32(25,8)26(33)20-23(2)36/h20-21,25H,11-19H2,1-10H3/b26-20-/t25?,31-,32-,33+/m0/s1. The lowest BCUT2D eigenvalue weighted by Crippen LogP contribution is -2.56. The van der Waals surface area contributed by atoms with E-state index in [4.69, 9.17) is 4.74 Å². The van der Waals surface area contributed by atoms with E-state index in [1.54, 1.807) is 13.0 Å². The highest BCUT2D eigenvalue weighted by molar-refractivity contribution is 6.04. The Balaban J connectivity index is 2.11. The number of methoxy groups -OCH3 is 1. The van der Waals surface area contributed by atoms with Crippen molar-refractivity contribution in [3.05, 3.63) is 23.3 Å². The van der Waals surface area contributed by atoms with Gasteiger partial charge in [0.1, 0.15) is 6.07 Å². The highest BCUT2D eigenvalue weighted by Crippen LogP contribution is 2.68. The second kappa shape index (κ2) is 10.3. The van der Waals surface area contributed by atoms with Crippen LogP contribution in [0.4, 0.5) is 0 Å². The largest absolute Gasteiger partial charge is 0.469 e. The zero-order valence-corrected chi connectivity index (χ0v) is 26.2. The van der Waals surface area contributed by atoms with Crippen LogP contribution in [0.3, 0.4) is 0 Å². The SMILES string of the molecule is CC[C@@](C)(CCC1(C(=O)OC)CCC(C)(C)CC1)[C@]1(C)CCC2C(C)(C)C(=O)C(C#N)=C[C@]2(C)/C1=C/C(C)=O. The fourth-order valence-electron chi connectivity index (χ4n) is 8.57. The van der Waals surface area contributed by atoms with Gasteiger partial charge in [-0.3, -0.25) is 14.4 Å². The summed E-state index contributed by atoms with van der Waals surface area (Å²) in [5.41, 5.74) is -0.850. The van der Waals surface area contributed by atoms with Crippen LogP contribution in [-0.2, 0) is 19.1 Å². The molecule has 0 amide bonds. The molecule has 5 nitrogen and oxygen atoms in total. The van der Waals surface area contributed by atoms with E-state index in [9.17, 15) is 19.6 Å². The van der Waals surface area contributed by atoms with Gasteiger partial charge in [0.2, 0.25) is 0 Å². The Morgan fingerprint density at radius 1 is 1.10 bits per heavy atom. The Kier molecular flexibility index (Phi) is 8.28. The molecule has 2 saturated carbocycles. The highest BCUT2D eigenvalue weighted by atomic mass is 16.5. The summed E-state index contributed by atoms with van der Waals surface area (Å²) in [6.07, 6.45) is 11.5. The lowest BCUT2D eigenvalue weighted by Gasteiger charge is -2.62. The molecule has 0 saturated heterocycles. The van der Waals surface area contributed by atoms with Gasteiger partial charge in [-0.25, -0.2) is 0 Å². The summed E-state index contributed by atoms with van der Waals surface area (Å²) < 4.78 is 5.38. The van der Waals surface area contributed by atoms with Gasteiger partial charge in [-0.15, -0.1) is 0 Å². The molecule has 4 atom stereocenters. The van der Waals surface area contributed by atoms with Crippen LogP contribution in [0.2, 0.25) is 0 Å². The molecule has 39 heavy (non-hydrogen) atoms. The van der Waals surface area contributed by atoms with Crippen LogP contribution < -0.4 is 0 Å². The van der Waals surface area contributed by atoms with Gasteiger partial charge >= 0.3 is 5.97 Å². The molecule has 216 valence electrons. The van der Waals surface area contributed by atoms with Crippen LogP contribution in [0.15, 0.2) is 23.3 Å². The van der Waals surface area contributed by atoms with Crippen molar-refractivity contribution in [2.75, 3.05) is 7.11 Å². The van der Waals surface area contributed by atoms with E-state index in [-0.39, 0.29) is 45.3 Å². The monoisotopic (exact) mass is 537 g/mol. The van der Waals surface area contributed by atoms with Crippen LogP contribution in [0.25, 0.3) is 0 Å². The minimum atomic E-state index is -0.696. The van der Waals surface area contributed by atoms with Crippen molar-refractivity contribution in [1.29, 1.82) is 5.26 Å². The van der Waals surface area contributed by atoms with Crippen LogP contribution in [-0.4, -0.2) is 24.6 Å². The smallest absolute Gasteiger partial charge is 0.311 e. The van der Waals surface area contributed by atoms with E-state index in [0.29, 0.717) is 0 Å². The lowest BCUT2D eigenvalue weighted by molar-refractivity contribution is -0.158. The number of Topliss-reactive ketones (excluding diaryl/α,β-unsaturated/α-hetero) is 1. The Hall–Kier alpha value is -2.22. The first-order chi connectivity index (χ1) is 17.9. The van der Waals surface area contributed by atoms with Gasteiger partial charge in [0, 0.05) is 10.8 Å². The van der Waals surface area contributed by atoms with E-state index in [1.807, 2.05) is 19.9 Å². The van der Waals surface area contributed by atoms with Gasteiger partial charge in [0.05, 0.1) is 18.1 Å². The fourth-order valence-corrected chi connectivity index (χ4v) is 8.57. The molecular formula is C34H51NO4. The van der Waals surface area contributed by atoms with Crippen molar-refractivity contribution in [3.63, 3.8) is 0 Å². The van der Waals surface area contributed by atoms with Crippen LogP contribution in [0.5, 0.6) is 0 Å². The molecule has 3 rings (SSSR count). The van der Waals surface area contributed by atoms with Gasteiger partial charge in [0.15, 0.2) is 11.6 Å². The Labute approximate surface area is 236 Å². The summed E-state index contributed by atoms with van der Waals surface area (Å²) >= 11 is 0. The van der Waals surface area contributed by atoms with Gasteiger partial charge in [-0.2, -0.15) is 5.26 Å². The highest BCUT2D eigenvalue weighted by Gasteiger charge is 2.61. The molecule has 0 radical (unpaired) electrons. The van der Waals surface area contributed by atoms with Crippen molar-refractivity contribution in [2.24, 2.45) is 38.4 Å². The number of allylic oxidation sites excluding steroid dienone is 4. The molecule has 2 fully saturated rings. The molecule has 3 aliphatic carbocycles. The maximum atomic E-state index is 13.2. The zero-order chi connectivity index (χ0) is 29.7. The fraction of sp³-hybridized carbons (Fsp3) is 0.765. The quantitative estimate of drug-likeness (QED) is 0.243. The molecule has 0 bridgehead atoms. The summed E-state index contributed by atoms with van der Waals surface area (Å²) in [7, 11) is 1.51. The number of esters is 1. The average molecular weight is 538 g/mol. The molecule has 0 aliphatic heterocycles. The number of hydrogen-bond acceptors (Lipinski definition) is 5. The topological polar surface area (TPSA) is 84.2 Å². The number of nitrogens with zero attached hydrogens (tertiary/aromatic N) is 1. The second-order valence-electron chi connectivity index (χ2n) is 14.9. The number of fused-ring (bicyclic) bond motifs is 1. The van der Waals surface area contributed by atoms with Gasteiger partial charge in [-0.1, -0.05) is 67.0 Å². The van der Waals surface area contributed by atoms with Gasteiger partial charge in [0.25, 0.3) is 0 Å². The number of nitriles is 1. The first-order valence-corrected chi connectivity index (χ1v) is 14.9. The number of ketones is 2. The second-order valence-corrected chi connectivity index (χ2v) is 14.9. The van der Waals surface area contributed by atoms with E-state index < -0.39 is 16.2 Å².